The van der Waals surface area contributed by atoms with Crippen molar-refractivity contribution in [2.75, 3.05) is 24.6 Å². The van der Waals surface area contributed by atoms with Crippen LogP contribution in [0.5, 0.6) is 5.75 Å². The average Bonchev–Trinajstić information content (AvgIpc) is 2.55. The number of azo groups is 1. The Bertz CT molecular complexity index is 803. The summed E-state index contributed by atoms with van der Waals surface area (Å²) in [5, 5.41) is 13.6. The number of rotatable bonds is 7. The minimum Gasteiger partial charge on any atom is -0.460 e. The van der Waals surface area contributed by atoms with Gasteiger partial charge in [0, 0.05) is 0 Å². The zero-order valence-corrected chi connectivity index (χ0v) is 14.1. The number of amides is 1. The van der Waals surface area contributed by atoms with E-state index >= 15 is 0 Å². The third kappa shape index (κ3) is 5.40. The van der Waals surface area contributed by atoms with Crippen LogP contribution >= 0.6 is 0 Å². The van der Waals surface area contributed by atoms with Crippen molar-refractivity contribution < 1.29 is 9.53 Å². The second-order valence-corrected chi connectivity index (χ2v) is 5.15. The van der Waals surface area contributed by atoms with E-state index in [0.29, 0.717) is 28.7 Å². The number of anilines is 2. The first-order chi connectivity index (χ1) is 12.0. The van der Waals surface area contributed by atoms with E-state index in [1.165, 1.54) is 0 Å². The Morgan fingerprint density at radius 1 is 1.24 bits per heavy atom. The Morgan fingerprint density at radius 3 is 2.64 bits per heavy atom. The molecule has 0 radical (unpaired) electrons. The van der Waals surface area contributed by atoms with Crippen LogP contribution in [-0.2, 0) is 4.79 Å². The first kappa shape index (κ1) is 18.1. The van der Waals surface area contributed by atoms with E-state index < -0.39 is 0 Å². The third-order valence-electron chi connectivity index (χ3n) is 2.92. The van der Waals surface area contributed by atoms with Gasteiger partial charge in [0.15, 0.2) is 11.6 Å². The number of nitrogens with zero attached hydrogens (tertiary/aromatic N) is 3. The Hall–Kier alpha value is -3.26. The zero-order chi connectivity index (χ0) is 18.2. The second kappa shape index (κ2) is 8.55. The number of hydrogen-bond donors (Lipinski definition) is 3. The van der Waals surface area contributed by atoms with Crippen LogP contribution in [0.1, 0.15) is 6.92 Å². The summed E-state index contributed by atoms with van der Waals surface area (Å²) in [6, 6.07) is 10.4. The number of ether oxygens (including phenoxy) is 1. The van der Waals surface area contributed by atoms with E-state index in [-0.39, 0.29) is 18.3 Å². The molecule has 0 unspecified atom stereocenters. The first-order valence-corrected chi connectivity index (χ1v) is 7.54. The molecule has 0 spiro atoms. The number of likely N-dealkylation sites (N-methyl/N-ethyl adjacent to an activating group) is 1. The molecule has 1 aromatic heterocycles. The molecule has 1 aromatic carbocycles. The smallest absolute Gasteiger partial charge is 0.239 e. The molecule has 1 amide bonds. The maximum absolute atomic E-state index is 11.5. The Kier molecular flexibility index (Phi) is 6.19. The molecular weight excluding hydrogens is 320 g/mol. The van der Waals surface area contributed by atoms with Crippen molar-refractivity contribution in [3.05, 3.63) is 48.7 Å². The van der Waals surface area contributed by atoms with Crippen LogP contribution < -0.4 is 21.1 Å². The number of carbonyl (C=O) groups excluding carboxylic acids is 1. The van der Waals surface area contributed by atoms with Crippen LogP contribution in [0, 0.1) is 0 Å². The highest BCUT2D eigenvalue weighted by Crippen LogP contribution is 2.31. The van der Waals surface area contributed by atoms with Crippen molar-refractivity contribution in [2.24, 2.45) is 10.2 Å². The van der Waals surface area contributed by atoms with Crippen molar-refractivity contribution in [2.45, 2.75) is 6.92 Å². The van der Waals surface area contributed by atoms with Crippen LogP contribution in [0.4, 0.5) is 23.0 Å². The number of carbonyl (C=O) groups is 1. The molecule has 0 aliphatic heterocycles. The van der Waals surface area contributed by atoms with E-state index in [9.17, 15) is 4.79 Å². The van der Waals surface area contributed by atoms with Crippen molar-refractivity contribution in [1.82, 2.24) is 10.3 Å². The molecule has 0 atom stereocenters. The van der Waals surface area contributed by atoms with Gasteiger partial charge >= 0.3 is 0 Å². The molecule has 0 fully saturated rings. The number of benzene rings is 1. The van der Waals surface area contributed by atoms with Gasteiger partial charge in [-0.1, -0.05) is 18.7 Å². The molecule has 25 heavy (non-hydrogen) atoms. The summed E-state index contributed by atoms with van der Waals surface area (Å²) in [5.74, 6) is 1.38. The number of allylic oxidation sites excluding steroid dienone is 1. The number of pyridine rings is 1. The zero-order valence-electron chi connectivity index (χ0n) is 14.1. The molecule has 1 heterocycles. The molecular formula is C17H20N6O2. The summed E-state index contributed by atoms with van der Waals surface area (Å²) in [4.78, 5) is 15.6. The van der Waals surface area contributed by atoms with Crippen LogP contribution in [0.25, 0.3) is 0 Å². The van der Waals surface area contributed by atoms with E-state index in [1.54, 1.807) is 38.2 Å². The van der Waals surface area contributed by atoms with Gasteiger partial charge in [-0.2, -0.15) is 0 Å². The van der Waals surface area contributed by atoms with Crippen LogP contribution in [0.3, 0.4) is 0 Å². The minimum absolute atomic E-state index is 0.157. The van der Waals surface area contributed by atoms with Gasteiger partial charge in [0.1, 0.15) is 17.2 Å². The van der Waals surface area contributed by atoms with Crippen molar-refractivity contribution >= 4 is 28.9 Å². The molecule has 2 aromatic rings. The van der Waals surface area contributed by atoms with E-state index in [0.717, 1.165) is 0 Å². The predicted molar refractivity (Wildman–Crippen MR) is 97.3 cm³/mol. The second-order valence-electron chi connectivity index (χ2n) is 5.15. The van der Waals surface area contributed by atoms with Crippen LogP contribution in [-0.4, -0.2) is 24.5 Å². The number of para-hydroxylation sites is 1. The summed E-state index contributed by atoms with van der Waals surface area (Å²) in [7, 11) is 1.68. The fraction of sp³-hybridized carbons (Fsp3) is 0.176. The lowest BCUT2D eigenvalue weighted by Crippen LogP contribution is -2.25. The fourth-order valence-electron chi connectivity index (χ4n) is 1.89. The number of hydrogen-bond acceptors (Lipinski definition) is 7. The fourth-order valence-corrected chi connectivity index (χ4v) is 1.89. The summed E-state index contributed by atoms with van der Waals surface area (Å²) >= 11 is 0. The van der Waals surface area contributed by atoms with Gasteiger partial charge in [-0.3, -0.25) is 4.79 Å². The number of nitrogens with two attached hydrogens (primary N) is 1. The number of nitrogen functional groups attached to an aromatic ring is 1. The molecule has 2 rings (SSSR count). The minimum atomic E-state index is -0.213. The number of aromatic nitrogens is 1. The summed E-state index contributed by atoms with van der Waals surface area (Å²) in [6.45, 7) is 5.64. The summed E-state index contributed by atoms with van der Waals surface area (Å²) in [6.07, 6.45) is 0. The summed E-state index contributed by atoms with van der Waals surface area (Å²) < 4.78 is 5.50. The highest BCUT2D eigenvalue weighted by atomic mass is 16.5. The first-order valence-electron chi connectivity index (χ1n) is 7.54. The van der Waals surface area contributed by atoms with Crippen LogP contribution in [0.2, 0.25) is 0 Å². The molecule has 130 valence electrons. The summed E-state index contributed by atoms with van der Waals surface area (Å²) in [5.41, 5.74) is 6.80. The van der Waals surface area contributed by atoms with Gasteiger partial charge < -0.3 is 21.1 Å². The van der Waals surface area contributed by atoms with Gasteiger partial charge in [-0.15, -0.1) is 10.2 Å². The quantitative estimate of drug-likeness (QED) is 0.529. The van der Waals surface area contributed by atoms with Crippen LogP contribution in [0.15, 0.2) is 59.0 Å². The maximum atomic E-state index is 11.5. The van der Waals surface area contributed by atoms with E-state index in [1.807, 2.05) is 12.1 Å². The average molecular weight is 340 g/mol. The standard InChI is InChI=1S/C17H20N6O2/c1-11(2)25-14-7-5-4-6-12(14)22-23-13-8-9-15(21-17(13)18)20-16(24)10-19-3/h4-9,19H,1,10H2,2-3H3,(H3,18,20,21,24). The van der Waals surface area contributed by atoms with Gasteiger partial charge in [0.05, 0.1) is 12.3 Å². The van der Waals surface area contributed by atoms with Gasteiger partial charge in [0.25, 0.3) is 0 Å². The molecule has 8 nitrogen and oxygen atoms in total. The van der Waals surface area contributed by atoms with Crippen molar-refractivity contribution in [3.63, 3.8) is 0 Å². The largest absolute Gasteiger partial charge is 0.460 e. The van der Waals surface area contributed by atoms with Crippen molar-refractivity contribution in [3.8, 4) is 5.75 Å². The van der Waals surface area contributed by atoms with E-state index in [2.05, 4.69) is 32.4 Å². The lowest BCUT2D eigenvalue weighted by atomic mass is 10.3. The normalized spacial score (nSPS) is 10.6. The topological polar surface area (TPSA) is 114 Å². The predicted octanol–water partition coefficient (Wildman–Crippen LogP) is 3.15. The lowest BCUT2D eigenvalue weighted by molar-refractivity contribution is -0.115. The molecule has 0 bridgehead atoms. The SMILES string of the molecule is C=C(C)Oc1ccccc1N=Nc1ccc(NC(=O)CNC)nc1N. The monoisotopic (exact) mass is 340 g/mol. The molecule has 0 saturated heterocycles. The van der Waals surface area contributed by atoms with Gasteiger partial charge in [-0.05, 0) is 38.2 Å². The van der Waals surface area contributed by atoms with Crippen molar-refractivity contribution in [1.29, 1.82) is 0 Å². The Balaban J connectivity index is 2.17. The van der Waals surface area contributed by atoms with Gasteiger partial charge in [0.2, 0.25) is 5.91 Å². The Morgan fingerprint density at radius 2 is 1.96 bits per heavy atom. The molecule has 0 aliphatic rings. The third-order valence-corrected chi connectivity index (χ3v) is 2.92. The van der Waals surface area contributed by atoms with E-state index in [4.69, 9.17) is 10.5 Å². The molecule has 0 aliphatic carbocycles. The number of nitrogens with one attached hydrogen (secondary N) is 2. The maximum Gasteiger partial charge on any atom is 0.239 e. The highest BCUT2D eigenvalue weighted by Gasteiger charge is 2.06. The lowest BCUT2D eigenvalue weighted by Gasteiger charge is -2.07. The molecule has 4 N–H and O–H groups in total. The Labute approximate surface area is 145 Å². The molecule has 8 heteroatoms. The van der Waals surface area contributed by atoms with Gasteiger partial charge in [-0.25, -0.2) is 4.98 Å². The highest BCUT2D eigenvalue weighted by molar-refractivity contribution is 5.91. The molecule has 0 saturated carbocycles.